The minimum atomic E-state index is -5.08. The summed E-state index contributed by atoms with van der Waals surface area (Å²) in [4.78, 5) is 25.9. The number of fused-ring (bicyclic) bond motifs is 1. The average molecular weight is 461 g/mol. The first-order valence-electron chi connectivity index (χ1n) is 10.0. The monoisotopic (exact) mass is 461 g/mol. The number of alkyl halides is 3. The molecule has 0 bridgehead atoms. The van der Waals surface area contributed by atoms with Crippen molar-refractivity contribution < 1.29 is 37.3 Å². The van der Waals surface area contributed by atoms with Gasteiger partial charge in [-0.15, -0.1) is 0 Å². The van der Waals surface area contributed by atoms with Crippen LogP contribution in [0.1, 0.15) is 24.2 Å². The highest BCUT2D eigenvalue weighted by Gasteiger charge is 2.38. The number of aromatic nitrogens is 1. The number of carboxylic acid groups (broad SMARTS) is 1. The standard InChI is InChI=1S/C19H29N3O3.C2HF3O2/c1-5-20(6-2)18-10-9-17-8-7-16(15-22(17)18)19(23)21(11-13-24-3)12-14-25-4;3-2(4,5)1(6)7/h7-10,15H,5-6,11-14H2,1-4H3;(H,6,7). The second kappa shape index (κ2) is 12.9. The van der Waals surface area contributed by atoms with Crippen LogP contribution in [0, 0.1) is 0 Å². The number of hydrogen-bond donors (Lipinski definition) is 1. The minimum absolute atomic E-state index is 0.00445. The molecular weight excluding hydrogens is 431 g/mol. The van der Waals surface area contributed by atoms with Gasteiger partial charge in [0.1, 0.15) is 5.82 Å². The molecule has 0 saturated carbocycles. The zero-order valence-electron chi connectivity index (χ0n) is 18.7. The van der Waals surface area contributed by atoms with E-state index in [1.54, 1.807) is 19.1 Å². The molecular formula is C21H30F3N3O5. The van der Waals surface area contributed by atoms with Crippen LogP contribution in [0.3, 0.4) is 0 Å². The Morgan fingerprint density at radius 2 is 1.50 bits per heavy atom. The van der Waals surface area contributed by atoms with Crippen LogP contribution < -0.4 is 4.90 Å². The molecule has 2 aromatic heterocycles. The van der Waals surface area contributed by atoms with E-state index in [0.717, 1.165) is 24.4 Å². The second-order valence-electron chi connectivity index (χ2n) is 6.66. The third kappa shape index (κ3) is 7.72. The zero-order valence-corrected chi connectivity index (χ0v) is 18.7. The SMILES string of the molecule is CCN(CC)c1ccc2ccc(C(=O)N(CCOC)CCOC)cn12.O=C(O)C(F)(F)F. The van der Waals surface area contributed by atoms with Crippen LogP contribution in [-0.2, 0) is 14.3 Å². The van der Waals surface area contributed by atoms with Gasteiger partial charge in [0.05, 0.1) is 18.8 Å². The van der Waals surface area contributed by atoms with Crippen molar-refractivity contribution >= 4 is 23.2 Å². The molecule has 0 saturated heterocycles. The molecule has 0 aliphatic carbocycles. The number of hydrogen-bond acceptors (Lipinski definition) is 5. The Kier molecular flexibility index (Phi) is 11.0. The van der Waals surface area contributed by atoms with Gasteiger partial charge in [0.25, 0.3) is 5.91 Å². The third-order valence-electron chi connectivity index (χ3n) is 4.62. The smallest absolute Gasteiger partial charge is 0.475 e. The maximum atomic E-state index is 12.9. The van der Waals surface area contributed by atoms with Crippen molar-refractivity contribution in [2.75, 3.05) is 58.5 Å². The van der Waals surface area contributed by atoms with Gasteiger partial charge in [-0.3, -0.25) is 4.79 Å². The molecule has 0 atom stereocenters. The van der Waals surface area contributed by atoms with Crippen molar-refractivity contribution in [1.29, 1.82) is 0 Å². The molecule has 0 aliphatic heterocycles. The van der Waals surface area contributed by atoms with Gasteiger partial charge in [0.2, 0.25) is 0 Å². The fourth-order valence-electron chi connectivity index (χ4n) is 2.92. The lowest BCUT2D eigenvalue weighted by molar-refractivity contribution is -0.192. The van der Waals surface area contributed by atoms with Gasteiger partial charge in [0, 0.05) is 52.1 Å². The number of amides is 1. The van der Waals surface area contributed by atoms with E-state index in [2.05, 4.69) is 35.3 Å². The fraction of sp³-hybridized carbons (Fsp3) is 0.524. The third-order valence-corrected chi connectivity index (χ3v) is 4.62. The van der Waals surface area contributed by atoms with E-state index in [0.29, 0.717) is 31.9 Å². The number of carbonyl (C=O) groups excluding carboxylic acids is 1. The Morgan fingerprint density at radius 1 is 1.00 bits per heavy atom. The van der Waals surface area contributed by atoms with Crippen LogP contribution in [0.4, 0.5) is 19.0 Å². The number of aliphatic carboxylic acids is 1. The summed E-state index contributed by atoms with van der Waals surface area (Å²) in [5.74, 6) is -1.65. The van der Waals surface area contributed by atoms with Gasteiger partial charge in [-0.1, -0.05) is 0 Å². The minimum Gasteiger partial charge on any atom is -0.475 e. The molecule has 0 aliphatic rings. The first-order valence-corrected chi connectivity index (χ1v) is 10.0. The van der Waals surface area contributed by atoms with Crippen LogP contribution in [0.2, 0.25) is 0 Å². The van der Waals surface area contributed by atoms with Gasteiger partial charge in [-0.25, -0.2) is 4.79 Å². The van der Waals surface area contributed by atoms with E-state index in [-0.39, 0.29) is 5.91 Å². The summed E-state index contributed by atoms with van der Waals surface area (Å²) in [6.07, 6.45) is -3.15. The summed E-state index contributed by atoms with van der Waals surface area (Å²) in [6.45, 7) is 8.22. The fourth-order valence-corrected chi connectivity index (χ4v) is 2.92. The molecule has 2 heterocycles. The van der Waals surface area contributed by atoms with Gasteiger partial charge in [0.15, 0.2) is 0 Å². The topological polar surface area (TPSA) is 83.7 Å². The first kappa shape index (κ1) is 27.2. The molecule has 2 aromatic rings. The highest BCUT2D eigenvalue weighted by molar-refractivity contribution is 5.94. The van der Waals surface area contributed by atoms with E-state index < -0.39 is 12.1 Å². The Morgan fingerprint density at radius 3 is 1.94 bits per heavy atom. The van der Waals surface area contributed by atoms with Crippen LogP contribution in [0.15, 0.2) is 30.5 Å². The van der Waals surface area contributed by atoms with Crippen LogP contribution in [0.5, 0.6) is 0 Å². The van der Waals surface area contributed by atoms with E-state index in [1.165, 1.54) is 0 Å². The summed E-state index contributed by atoms with van der Waals surface area (Å²) < 4.78 is 44.1. The Bertz CT molecular complexity index is 858. The van der Waals surface area contributed by atoms with E-state index >= 15 is 0 Å². The van der Waals surface area contributed by atoms with Crippen molar-refractivity contribution in [2.24, 2.45) is 0 Å². The quantitative estimate of drug-likeness (QED) is 0.585. The molecule has 0 radical (unpaired) electrons. The lowest BCUT2D eigenvalue weighted by atomic mass is 10.2. The maximum Gasteiger partial charge on any atom is 0.490 e. The molecule has 0 spiro atoms. The number of carboxylic acids is 1. The Balaban J connectivity index is 0.000000633. The second-order valence-corrected chi connectivity index (χ2v) is 6.66. The highest BCUT2D eigenvalue weighted by Crippen LogP contribution is 2.21. The van der Waals surface area contributed by atoms with Crippen molar-refractivity contribution in [3.63, 3.8) is 0 Å². The van der Waals surface area contributed by atoms with Crippen molar-refractivity contribution in [3.8, 4) is 0 Å². The summed E-state index contributed by atoms with van der Waals surface area (Å²) in [7, 11) is 3.28. The predicted molar refractivity (Wildman–Crippen MR) is 114 cm³/mol. The normalized spacial score (nSPS) is 11.1. The van der Waals surface area contributed by atoms with Crippen LogP contribution >= 0.6 is 0 Å². The van der Waals surface area contributed by atoms with E-state index in [4.69, 9.17) is 19.4 Å². The molecule has 11 heteroatoms. The zero-order chi connectivity index (χ0) is 24.3. The molecule has 32 heavy (non-hydrogen) atoms. The predicted octanol–water partition coefficient (Wildman–Crippen LogP) is 3.15. The lowest BCUT2D eigenvalue weighted by Crippen LogP contribution is -2.36. The summed E-state index contributed by atoms with van der Waals surface area (Å²) in [5, 5.41) is 7.12. The summed E-state index contributed by atoms with van der Waals surface area (Å²) >= 11 is 0. The van der Waals surface area contributed by atoms with Crippen molar-refractivity contribution in [1.82, 2.24) is 9.30 Å². The number of nitrogens with zero attached hydrogens (tertiary/aromatic N) is 3. The lowest BCUT2D eigenvalue weighted by Gasteiger charge is -2.23. The van der Waals surface area contributed by atoms with Gasteiger partial charge >= 0.3 is 12.1 Å². The number of methoxy groups -OCH3 is 2. The molecule has 0 unspecified atom stereocenters. The number of halogens is 3. The summed E-state index contributed by atoms with van der Waals surface area (Å²) in [6, 6.07) is 8.06. The summed E-state index contributed by atoms with van der Waals surface area (Å²) in [5.41, 5.74) is 1.75. The highest BCUT2D eigenvalue weighted by atomic mass is 19.4. The molecule has 0 fully saturated rings. The number of ether oxygens (including phenoxy) is 2. The number of pyridine rings is 1. The van der Waals surface area contributed by atoms with E-state index in [9.17, 15) is 18.0 Å². The molecule has 2 rings (SSSR count). The number of anilines is 1. The van der Waals surface area contributed by atoms with Crippen LogP contribution in [-0.4, -0.2) is 86.1 Å². The van der Waals surface area contributed by atoms with Gasteiger partial charge in [-0.2, -0.15) is 13.2 Å². The molecule has 0 aromatic carbocycles. The first-order chi connectivity index (χ1) is 15.1. The average Bonchev–Trinajstić information content (AvgIpc) is 3.17. The Labute approximate surface area is 185 Å². The number of carbonyl (C=O) groups is 2. The molecule has 8 nitrogen and oxygen atoms in total. The van der Waals surface area contributed by atoms with Crippen LogP contribution in [0.25, 0.3) is 5.52 Å². The Hall–Kier alpha value is -2.79. The molecule has 180 valence electrons. The van der Waals surface area contributed by atoms with E-state index in [1.807, 2.05) is 18.3 Å². The van der Waals surface area contributed by atoms with Gasteiger partial charge < -0.3 is 28.8 Å². The molecule has 1 amide bonds. The maximum absolute atomic E-state index is 12.9. The largest absolute Gasteiger partial charge is 0.490 e. The van der Waals surface area contributed by atoms with Crippen molar-refractivity contribution in [3.05, 3.63) is 36.0 Å². The number of rotatable bonds is 10. The molecule has 1 N–H and O–H groups in total. The van der Waals surface area contributed by atoms with Gasteiger partial charge in [-0.05, 0) is 38.1 Å². The van der Waals surface area contributed by atoms with Crippen molar-refractivity contribution in [2.45, 2.75) is 20.0 Å².